The van der Waals surface area contributed by atoms with Crippen molar-refractivity contribution >= 4 is 0 Å². The quantitative estimate of drug-likeness (QED) is 0.395. The molecule has 1 aliphatic carbocycles. The second-order valence-corrected chi connectivity index (χ2v) is 6.95. The van der Waals surface area contributed by atoms with Crippen LogP contribution in [0.2, 0.25) is 0 Å². The van der Waals surface area contributed by atoms with Gasteiger partial charge in [0.05, 0.1) is 0 Å². The van der Waals surface area contributed by atoms with E-state index in [4.69, 9.17) is 0 Å². The van der Waals surface area contributed by atoms with Gasteiger partial charge in [0.1, 0.15) is 0 Å². The molecule has 0 atom stereocenters. The Balaban J connectivity index is 1.77. The van der Waals surface area contributed by atoms with Crippen LogP contribution in [-0.4, -0.2) is 0 Å². The summed E-state index contributed by atoms with van der Waals surface area (Å²) in [5.41, 5.74) is 8.37. The van der Waals surface area contributed by atoms with Crippen molar-refractivity contribution < 1.29 is 0 Å². The van der Waals surface area contributed by atoms with Crippen LogP contribution in [0.4, 0.5) is 0 Å². The van der Waals surface area contributed by atoms with Gasteiger partial charge in [0.2, 0.25) is 0 Å². The largest absolute Gasteiger partial charge is 0.0622 e. The molecular weight excluding hydrogens is 312 g/mol. The van der Waals surface area contributed by atoms with Crippen LogP contribution in [0.25, 0.3) is 11.1 Å². The summed E-state index contributed by atoms with van der Waals surface area (Å²) in [6.45, 7) is 0. The maximum Gasteiger partial charge on any atom is 0.0211 e. The minimum atomic E-state index is 0.308. The van der Waals surface area contributed by atoms with Crippen LogP contribution < -0.4 is 0 Å². The van der Waals surface area contributed by atoms with Crippen LogP contribution in [-0.2, 0) is 0 Å². The summed E-state index contributed by atoms with van der Waals surface area (Å²) in [4.78, 5) is 0. The normalized spacial score (nSPS) is 12.8. The van der Waals surface area contributed by atoms with Gasteiger partial charge in [-0.1, -0.05) is 109 Å². The fourth-order valence-corrected chi connectivity index (χ4v) is 4.45. The van der Waals surface area contributed by atoms with E-state index in [-0.39, 0.29) is 0 Å². The second kappa shape index (κ2) is 6.31. The van der Waals surface area contributed by atoms with Crippen LogP contribution in [0.1, 0.15) is 34.1 Å². The Kier molecular flexibility index (Phi) is 3.68. The lowest BCUT2D eigenvalue weighted by molar-refractivity contribution is 0.708. The van der Waals surface area contributed by atoms with Crippen molar-refractivity contribution in [1.82, 2.24) is 0 Å². The molecule has 0 saturated heterocycles. The summed E-state index contributed by atoms with van der Waals surface area (Å²) in [5.74, 6) is 0.648. The molecule has 124 valence electrons. The van der Waals surface area contributed by atoms with E-state index in [0.717, 1.165) is 0 Å². The van der Waals surface area contributed by atoms with E-state index in [1.165, 1.54) is 33.4 Å². The molecule has 0 aromatic heterocycles. The molecule has 0 heteroatoms. The predicted octanol–water partition coefficient (Wildman–Crippen LogP) is 6.63. The van der Waals surface area contributed by atoms with Crippen LogP contribution in [0, 0.1) is 0 Å². The maximum absolute atomic E-state index is 2.30. The van der Waals surface area contributed by atoms with Crippen molar-refractivity contribution in [2.75, 3.05) is 0 Å². The molecule has 4 aromatic rings. The third-order valence-corrected chi connectivity index (χ3v) is 5.53. The topological polar surface area (TPSA) is 0 Å². The van der Waals surface area contributed by atoms with Crippen molar-refractivity contribution in [3.63, 3.8) is 0 Å². The van der Waals surface area contributed by atoms with Gasteiger partial charge < -0.3 is 0 Å². The Labute approximate surface area is 154 Å². The van der Waals surface area contributed by atoms with Gasteiger partial charge >= 0.3 is 0 Å². The Morgan fingerprint density at radius 1 is 0.423 bits per heavy atom. The van der Waals surface area contributed by atoms with Crippen molar-refractivity contribution in [3.05, 3.63) is 131 Å². The monoisotopic (exact) mass is 332 g/mol. The molecule has 26 heavy (non-hydrogen) atoms. The lowest BCUT2D eigenvalue weighted by Gasteiger charge is -2.27. The third kappa shape index (κ3) is 2.38. The molecular formula is C26H20. The number of fused-ring (bicyclic) bond motifs is 3. The van der Waals surface area contributed by atoms with E-state index in [1.54, 1.807) is 0 Å². The van der Waals surface area contributed by atoms with E-state index in [1.807, 2.05) is 0 Å². The molecule has 0 fully saturated rings. The Morgan fingerprint density at radius 2 is 0.808 bits per heavy atom. The minimum absolute atomic E-state index is 0.308. The predicted molar refractivity (Wildman–Crippen MR) is 108 cm³/mol. The van der Waals surface area contributed by atoms with Gasteiger partial charge in [-0.05, 0) is 33.4 Å². The number of benzene rings is 4. The van der Waals surface area contributed by atoms with E-state index in [0.29, 0.717) is 11.8 Å². The zero-order valence-electron chi connectivity index (χ0n) is 14.5. The highest BCUT2D eigenvalue weighted by Gasteiger charge is 2.35. The standard InChI is InChI=1S/C26H20/c1-3-11-19(12-4-1)25(20-13-5-2-6-14-20)26-23-17-9-7-15-21(23)22-16-8-10-18-24(22)26/h1-18,25-26H. The van der Waals surface area contributed by atoms with E-state index in [2.05, 4.69) is 109 Å². The first-order valence-electron chi connectivity index (χ1n) is 9.21. The first-order valence-corrected chi connectivity index (χ1v) is 9.21. The molecule has 0 unspecified atom stereocenters. The Morgan fingerprint density at radius 3 is 1.27 bits per heavy atom. The highest BCUT2D eigenvalue weighted by Crippen LogP contribution is 2.52. The van der Waals surface area contributed by atoms with Gasteiger partial charge in [-0.15, -0.1) is 0 Å². The van der Waals surface area contributed by atoms with Crippen molar-refractivity contribution in [1.29, 1.82) is 0 Å². The van der Waals surface area contributed by atoms with Gasteiger partial charge in [-0.2, -0.15) is 0 Å². The van der Waals surface area contributed by atoms with Crippen molar-refractivity contribution in [2.24, 2.45) is 0 Å². The third-order valence-electron chi connectivity index (χ3n) is 5.53. The molecule has 0 N–H and O–H groups in total. The molecule has 0 bridgehead atoms. The van der Waals surface area contributed by atoms with E-state index < -0.39 is 0 Å². The fraction of sp³-hybridized carbons (Fsp3) is 0.0769. The van der Waals surface area contributed by atoms with Crippen LogP contribution in [0.3, 0.4) is 0 Å². The van der Waals surface area contributed by atoms with Gasteiger partial charge in [0, 0.05) is 11.8 Å². The van der Waals surface area contributed by atoms with E-state index in [9.17, 15) is 0 Å². The highest BCUT2D eigenvalue weighted by atomic mass is 14.4. The fourth-order valence-electron chi connectivity index (χ4n) is 4.45. The summed E-state index contributed by atoms with van der Waals surface area (Å²) >= 11 is 0. The lowest BCUT2D eigenvalue weighted by atomic mass is 9.76. The van der Waals surface area contributed by atoms with Crippen molar-refractivity contribution in [2.45, 2.75) is 11.8 Å². The molecule has 0 spiro atoms. The van der Waals surface area contributed by atoms with Gasteiger partial charge in [-0.25, -0.2) is 0 Å². The second-order valence-electron chi connectivity index (χ2n) is 6.95. The van der Waals surface area contributed by atoms with E-state index >= 15 is 0 Å². The summed E-state index contributed by atoms with van der Waals surface area (Å²) in [6, 6.07) is 39.6. The smallest absolute Gasteiger partial charge is 0.0211 e. The van der Waals surface area contributed by atoms with Gasteiger partial charge in [0.25, 0.3) is 0 Å². The lowest BCUT2D eigenvalue weighted by Crippen LogP contribution is -2.12. The molecule has 4 aromatic carbocycles. The summed E-state index contributed by atoms with van der Waals surface area (Å²) in [6.07, 6.45) is 0. The Bertz CT molecular complexity index is 947. The number of hydrogen-bond donors (Lipinski definition) is 0. The highest BCUT2D eigenvalue weighted by molar-refractivity contribution is 5.79. The molecule has 0 aliphatic heterocycles. The molecule has 0 amide bonds. The SMILES string of the molecule is c1ccc(C(c2ccccc2)C2c3ccccc3-c3ccccc32)cc1. The van der Waals surface area contributed by atoms with Gasteiger partial charge in [0.15, 0.2) is 0 Å². The van der Waals surface area contributed by atoms with Gasteiger partial charge in [-0.3, -0.25) is 0 Å². The number of hydrogen-bond acceptors (Lipinski definition) is 0. The van der Waals surface area contributed by atoms with Crippen LogP contribution in [0.15, 0.2) is 109 Å². The minimum Gasteiger partial charge on any atom is -0.0622 e. The average molecular weight is 332 g/mol. The summed E-state index contributed by atoms with van der Waals surface area (Å²) in [5, 5.41) is 0. The zero-order valence-corrected chi connectivity index (χ0v) is 14.5. The van der Waals surface area contributed by atoms with Crippen LogP contribution in [0.5, 0.6) is 0 Å². The first kappa shape index (κ1) is 15.2. The van der Waals surface area contributed by atoms with Crippen LogP contribution >= 0.6 is 0 Å². The zero-order chi connectivity index (χ0) is 17.3. The summed E-state index contributed by atoms with van der Waals surface area (Å²) in [7, 11) is 0. The maximum atomic E-state index is 2.30. The van der Waals surface area contributed by atoms with Crippen molar-refractivity contribution in [3.8, 4) is 11.1 Å². The molecule has 0 radical (unpaired) electrons. The molecule has 1 aliphatic rings. The number of rotatable bonds is 3. The summed E-state index contributed by atoms with van der Waals surface area (Å²) < 4.78 is 0. The average Bonchev–Trinajstić information content (AvgIpc) is 3.05. The first-order chi connectivity index (χ1) is 12.9. The molecule has 0 nitrogen and oxygen atoms in total. The Hall–Kier alpha value is -3.12. The molecule has 5 rings (SSSR count). The molecule has 0 heterocycles. The molecule has 0 saturated carbocycles.